The molecule has 1 atom stereocenters. The van der Waals surface area contributed by atoms with Gasteiger partial charge in [-0.2, -0.15) is 0 Å². The lowest BCUT2D eigenvalue weighted by atomic mass is 9.96. The number of aromatic nitrogens is 2. The maximum absolute atomic E-state index is 12.3. The average Bonchev–Trinajstić information content (AvgIpc) is 3.28. The Morgan fingerprint density at radius 2 is 2.13 bits per heavy atom. The number of carbonyl (C=O) groups is 1. The summed E-state index contributed by atoms with van der Waals surface area (Å²) in [5.74, 6) is 2.22. The second-order valence-electron chi connectivity index (χ2n) is 8.27. The molecule has 0 radical (unpaired) electrons. The van der Waals surface area contributed by atoms with E-state index in [0.717, 1.165) is 54.9 Å². The van der Waals surface area contributed by atoms with E-state index in [-0.39, 0.29) is 17.8 Å². The summed E-state index contributed by atoms with van der Waals surface area (Å²) in [6.45, 7) is 4.02. The molecule has 3 aromatic rings. The van der Waals surface area contributed by atoms with Crippen molar-refractivity contribution in [1.82, 2.24) is 20.2 Å². The molecule has 0 unspecified atom stereocenters. The highest BCUT2D eigenvalue weighted by atomic mass is 16.6. The Kier molecular flexibility index (Phi) is 5.38. The third-order valence-corrected chi connectivity index (χ3v) is 6.16. The molecule has 5 rings (SSSR count). The van der Waals surface area contributed by atoms with Gasteiger partial charge in [-0.15, -0.1) is 0 Å². The molecule has 2 aliphatic heterocycles. The van der Waals surface area contributed by atoms with Crippen LogP contribution < -0.4 is 20.5 Å². The average molecular weight is 422 g/mol. The summed E-state index contributed by atoms with van der Waals surface area (Å²) in [6.07, 6.45) is 5.59. The number of likely N-dealkylation sites (tertiary alicyclic amines) is 1. The maximum atomic E-state index is 12.3. The Morgan fingerprint density at radius 3 is 2.97 bits per heavy atom. The normalized spacial score (nSPS) is 19.4. The fraction of sp³-hybridized carbons (Fsp3) is 0.391. The first-order valence-corrected chi connectivity index (χ1v) is 10.8. The van der Waals surface area contributed by atoms with E-state index in [1.165, 1.54) is 0 Å². The highest BCUT2D eigenvalue weighted by Crippen LogP contribution is 2.38. The molecule has 8 heteroatoms. The van der Waals surface area contributed by atoms with Crippen molar-refractivity contribution in [2.24, 2.45) is 5.92 Å². The zero-order valence-corrected chi connectivity index (χ0v) is 17.3. The number of nitrogens with two attached hydrogens (primary N) is 1. The van der Waals surface area contributed by atoms with Crippen LogP contribution in [0.5, 0.6) is 11.5 Å². The van der Waals surface area contributed by atoms with Crippen molar-refractivity contribution >= 4 is 22.6 Å². The van der Waals surface area contributed by atoms with Crippen LogP contribution in [0.15, 0.2) is 42.7 Å². The molecule has 0 spiro atoms. The minimum absolute atomic E-state index is 0.0119. The number of anilines is 1. The smallest absolute Gasteiger partial charge is 0.255 e. The fourth-order valence-corrected chi connectivity index (χ4v) is 4.40. The van der Waals surface area contributed by atoms with Gasteiger partial charge in [0, 0.05) is 36.4 Å². The first kappa shape index (κ1) is 19.7. The molecule has 1 amide bonds. The van der Waals surface area contributed by atoms with Crippen molar-refractivity contribution in [2.75, 3.05) is 38.5 Å². The predicted octanol–water partition coefficient (Wildman–Crippen LogP) is 2.43. The third kappa shape index (κ3) is 4.16. The zero-order chi connectivity index (χ0) is 21.2. The molecular formula is C23H27N5O3. The van der Waals surface area contributed by atoms with Gasteiger partial charge in [0.25, 0.3) is 5.91 Å². The summed E-state index contributed by atoms with van der Waals surface area (Å²) in [5.41, 5.74) is 7.28. The summed E-state index contributed by atoms with van der Waals surface area (Å²) in [6, 6.07) is 9.43. The van der Waals surface area contributed by atoms with Gasteiger partial charge in [0.15, 0.2) is 11.5 Å². The van der Waals surface area contributed by atoms with E-state index < -0.39 is 0 Å². The van der Waals surface area contributed by atoms with Crippen LogP contribution in [0.3, 0.4) is 0 Å². The van der Waals surface area contributed by atoms with Gasteiger partial charge in [-0.1, -0.05) is 0 Å². The van der Waals surface area contributed by atoms with E-state index in [9.17, 15) is 4.79 Å². The van der Waals surface area contributed by atoms with Gasteiger partial charge >= 0.3 is 0 Å². The summed E-state index contributed by atoms with van der Waals surface area (Å²) >= 11 is 0. The Morgan fingerprint density at radius 1 is 1.26 bits per heavy atom. The quantitative estimate of drug-likeness (QED) is 0.584. The van der Waals surface area contributed by atoms with Gasteiger partial charge in [0.2, 0.25) is 0 Å². The number of rotatable bonds is 5. The standard InChI is InChI=1S/C23H27N5O3/c24-22-18(2-1-8-26-22)23(29)27-12-15-6-10-28(11-7-15)13-16-14-30-20-4-3-19-17(5-9-25-19)21(20)31-16/h1-5,8-9,15-16,25H,6-7,10-14H2,(H2,24,26)(H,27,29)/t16-/m0/s1. The van der Waals surface area contributed by atoms with Crippen LogP contribution in [0.25, 0.3) is 10.9 Å². The van der Waals surface area contributed by atoms with Gasteiger partial charge in [0.1, 0.15) is 18.5 Å². The molecule has 162 valence electrons. The number of nitrogens with zero attached hydrogens (tertiary/aromatic N) is 2. The van der Waals surface area contributed by atoms with Crippen LogP contribution in [-0.4, -0.2) is 59.7 Å². The molecule has 4 N–H and O–H groups in total. The van der Waals surface area contributed by atoms with Gasteiger partial charge in [-0.25, -0.2) is 4.98 Å². The molecular weight excluding hydrogens is 394 g/mol. The Labute approximate surface area is 180 Å². The number of H-pyrrole nitrogens is 1. The lowest BCUT2D eigenvalue weighted by molar-refractivity contribution is 0.0490. The van der Waals surface area contributed by atoms with Crippen molar-refractivity contribution < 1.29 is 14.3 Å². The number of fused-ring (bicyclic) bond motifs is 3. The molecule has 0 bridgehead atoms. The number of hydrogen-bond acceptors (Lipinski definition) is 6. The highest BCUT2D eigenvalue weighted by Gasteiger charge is 2.27. The van der Waals surface area contributed by atoms with E-state index in [4.69, 9.17) is 15.2 Å². The first-order chi connectivity index (χ1) is 15.2. The van der Waals surface area contributed by atoms with E-state index in [1.54, 1.807) is 18.3 Å². The minimum atomic E-state index is -0.157. The van der Waals surface area contributed by atoms with Crippen molar-refractivity contribution in [3.05, 3.63) is 48.3 Å². The second-order valence-corrected chi connectivity index (χ2v) is 8.27. The van der Waals surface area contributed by atoms with Crippen molar-refractivity contribution in [3.63, 3.8) is 0 Å². The van der Waals surface area contributed by atoms with E-state index >= 15 is 0 Å². The second kappa shape index (κ2) is 8.47. The highest BCUT2D eigenvalue weighted by molar-refractivity contribution is 5.98. The number of aromatic amines is 1. The van der Waals surface area contributed by atoms with Crippen LogP contribution in [0.4, 0.5) is 5.82 Å². The predicted molar refractivity (Wildman–Crippen MR) is 118 cm³/mol. The maximum Gasteiger partial charge on any atom is 0.255 e. The van der Waals surface area contributed by atoms with Crippen LogP contribution in [0.1, 0.15) is 23.2 Å². The number of carbonyl (C=O) groups excluding carboxylic acids is 1. The largest absolute Gasteiger partial charge is 0.486 e. The molecule has 2 aliphatic rings. The van der Waals surface area contributed by atoms with Crippen LogP contribution in [0, 0.1) is 5.92 Å². The number of amides is 1. The third-order valence-electron chi connectivity index (χ3n) is 6.16. The monoisotopic (exact) mass is 421 g/mol. The number of pyridine rings is 1. The Bertz CT molecular complexity index is 1070. The molecule has 1 fully saturated rings. The molecule has 31 heavy (non-hydrogen) atoms. The van der Waals surface area contributed by atoms with Crippen molar-refractivity contribution in [1.29, 1.82) is 0 Å². The first-order valence-electron chi connectivity index (χ1n) is 10.8. The lowest BCUT2D eigenvalue weighted by Gasteiger charge is -2.35. The number of hydrogen-bond donors (Lipinski definition) is 3. The van der Waals surface area contributed by atoms with Crippen LogP contribution >= 0.6 is 0 Å². The summed E-state index contributed by atoms with van der Waals surface area (Å²) in [7, 11) is 0. The van der Waals surface area contributed by atoms with Gasteiger partial charge in [0.05, 0.1) is 5.56 Å². The van der Waals surface area contributed by atoms with Crippen LogP contribution in [0.2, 0.25) is 0 Å². The SMILES string of the molecule is Nc1ncccc1C(=O)NCC1CCN(C[C@H]2COc3ccc4[nH]ccc4c3O2)CC1. The number of nitrogens with one attached hydrogen (secondary N) is 2. The van der Waals surface area contributed by atoms with Gasteiger partial charge < -0.3 is 25.5 Å². The molecule has 4 heterocycles. The van der Waals surface area contributed by atoms with Crippen molar-refractivity contribution in [2.45, 2.75) is 18.9 Å². The number of nitrogen functional groups attached to an aromatic ring is 1. The number of ether oxygens (including phenoxy) is 2. The van der Waals surface area contributed by atoms with Crippen LogP contribution in [-0.2, 0) is 0 Å². The minimum Gasteiger partial charge on any atom is -0.486 e. The molecule has 0 saturated carbocycles. The summed E-state index contributed by atoms with van der Waals surface area (Å²) in [4.78, 5) is 22.0. The van der Waals surface area contributed by atoms with Gasteiger partial charge in [-0.3, -0.25) is 9.69 Å². The Hall–Kier alpha value is -3.26. The summed E-state index contributed by atoms with van der Waals surface area (Å²) in [5, 5.41) is 4.07. The topological polar surface area (TPSA) is 105 Å². The Balaban J connectivity index is 1.10. The molecule has 1 saturated heterocycles. The van der Waals surface area contributed by atoms with E-state index in [2.05, 4.69) is 20.2 Å². The van der Waals surface area contributed by atoms with E-state index in [0.29, 0.717) is 24.6 Å². The molecule has 1 aromatic carbocycles. The number of benzene rings is 1. The van der Waals surface area contributed by atoms with Crippen molar-refractivity contribution in [3.8, 4) is 11.5 Å². The number of piperidine rings is 1. The zero-order valence-electron chi connectivity index (χ0n) is 17.3. The lowest BCUT2D eigenvalue weighted by Crippen LogP contribution is -2.45. The van der Waals surface area contributed by atoms with E-state index in [1.807, 2.05) is 24.4 Å². The molecule has 0 aliphatic carbocycles. The van der Waals surface area contributed by atoms with Gasteiger partial charge in [-0.05, 0) is 62.2 Å². The summed E-state index contributed by atoms with van der Waals surface area (Å²) < 4.78 is 12.3. The molecule has 2 aromatic heterocycles. The molecule has 8 nitrogen and oxygen atoms in total. The fourth-order valence-electron chi connectivity index (χ4n) is 4.40.